The first-order chi connectivity index (χ1) is 12.8. The fourth-order valence-electron chi connectivity index (χ4n) is 3.66. The van der Waals surface area contributed by atoms with E-state index in [2.05, 4.69) is 4.98 Å². The molecule has 6 nitrogen and oxygen atoms in total. The summed E-state index contributed by atoms with van der Waals surface area (Å²) in [6.45, 7) is 2.16. The molecule has 2 atom stereocenters. The number of hydrogen-bond donors (Lipinski definition) is 1. The smallest absolute Gasteiger partial charge is 0.282 e. The molecule has 1 amide bonds. The number of pyridine rings is 1. The van der Waals surface area contributed by atoms with Gasteiger partial charge in [0.1, 0.15) is 11.4 Å². The molecule has 1 aromatic heterocycles. The lowest BCUT2D eigenvalue weighted by Crippen LogP contribution is -2.56. The Kier molecular flexibility index (Phi) is 4.70. The van der Waals surface area contributed by atoms with Crippen molar-refractivity contribution in [2.24, 2.45) is 5.92 Å². The Labute approximate surface area is 157 Å². The van der Waals surface area contributed by atoms with Gasteiger partial charge in [0.05, 0.1) is 25.8 Å². The van der Waals surface area contributed by atoms with Crippen molar-refractivity contribution in [3.05, 3.63) is 17.8 Å². The van der Waals surface area contributed by atoms with Crippen molar-refractivity contribution >= 4 is 11.6 Å². The summed E-state index contributed by atoms with van der Waals surface area (Å²) in [6, 6.07) is 3.16. The van der Waals surface area contributed by atoms with E-state index in [0.29, 0.717) is 37.6 Å². The molecule has 148 valence electrons. The number of ether oxygens (including phenoxy) is 1. The Morgan fingerprint density at radius 1 is 1.33 bits per heavy atom. The van der Waals surface area contributed by atoms with Crippen LogP contribution in [-0.2, 0) is 0 Å². The Morgan fingerprint density at radius 2 is 2.07 bits per heavy atom. The van der Waals surface area contributed by atoms with Crippen molar-refractivity contribution in [3.8, 4) is 5.88 Å². The van der Waals surface area contributed by atoms with Gasteiger partial charge in [-0.2, -0.15) is 0 Å². The van der Waals surface area contributed by atoms with Crippen molar-refractivity contribution in [2.45, 2.75) is 50.7 Å². The number of aliphatic hydroxyl groups excluding tert-OH is 1. The molecular weight excluding hydrogens is 356 g/mol. The van der Waals surface area contributed by atoms with Crippen molar-refractivity contribution in [3.63, 3.8) is 0 Å². The average Bonchev–Trinajstić information content (AvgIpc) is 3.41. The third kappa shape index (κ3) is 4.00. The van der Waals surface area contributed by atoms with Crippen LogP contribution in [-0.4, -0.2) is 65.2 Å². The number of anilines is 1. The summed E-state index contributed by atoms with van der Waals surface area (Å²) in [5.74, 6) is -2.16. The number of carbonyl (C=O) groups is 1. The maximum absolute atomic E-state index is 13.3. The molecule has 0 radical (unpaired) electrons. The lowest BCUT2D eigenvalue weighted by atomic mass is 10.0. The zero-order chi connectivity index (χ0) is 19.2. The fourth-order valence-corrected chi connectivity index (χ4v) is 3.66. The summed E-state index contributed by atoms with van der Waals surface area (Å²) < 4.78 is 32.3. The summed E-state index contributed by atoms with van der Waals surface area (Å²) in [4.78, 5) is 20.5. The van der Waals surface area contributed by atoms with Crippen LogP contribution in [0.2, 0.25) is 0 Å². The minimum absolute atomic E-state index is 0.0763. The maximum Gasteiger partial charge on any atom is 0.282 e. The van der Waals surface area contributed by atoms with Crippen LogP contribution in [0.1, 0.15) is 43.1 Å². The normalized spacial score (nSPS) is 27.3. The number of piperidine rings is 1. The Hall–Kier alpha value is -1.96. The van der Waals surface area contributed by atoms with Gasteiger partial charge < -0.3 is 19.6 Å². The molecule has 4 rings (SSSR count). The Bertz CT molecular complexity index is 718. The standard InChI is InChI=1S/C19H25F2N3O3/c1-12-8-14(25)6-7-24(12)18(26)15-4-5-16(23-10-19(20,21)11-23)17(22-15)27-9-13-2-3-13/h4-5,12-14,25H,2-3,6-11H2,1H3. The number of halogens is 2. The molecule has 0 bridgehead atoms. The average molecular weight is 381 g/mol. The van der Waals surface area contributed by atoms with E-state index in [4.69, 9.17) is 4.74 Å². The number of hydrogen-bond acceptors (Lipinski definition) is 5. The summed E-state index contributed by atoms with van der Waals surface area (Å²) in [5.41, 5.74) is 0.764. The fraction of sp³-hybridized carbons (Fsp3) is 0.684. The minimum atomic E-state index is -2.69. The second kappa shape index (κ2) is 6.89. The van der Waals surface area contributed by atoms with Crippen molar-refractivity contribution in [1.82, 2.24) is 9.88 Å². The Balaban J connectivity index is 1.54. The van der Waals surface area contributed by atoms with Crippen LogP contribution in [0, 0.1) is 5.92 Å². The number of amides is 1. The van der Waals surface area contributed by atoms with E-state index in [0.717, 1.165) is 12.8 Å². The second-order valence-corrected chi connectivity index (χ2v) is 8.01. The highest BCUT2D eigenvalue weighted by molar-refractivity contribution is 5.93. The van der Waals surface area contributed by atoms with E-state index in [-0.39, 0.29) is 42.7 Å². The first-order valence-electron chi connectivity index (χ1n) is 9.58. The number of rotatable bonds is 5. The van der Waals surface area contributed by atoms with Crippen LogP contribution >= 0.6 is 0 Å². The van der Waals surface area contributed by atoms with Gasteiger partial charge in [-0.3, -0.25) is 4.79 Å². The Morgan fingerprint density at radius 3 is 2.70 bits per heavy atom. The predicted molar refractivity (Wildman–Crippen MR) is 95.4 cm³/mol. The first kappa shape index (κ1) is 18.4. The molecule has 1 saturated carbocycles. The zero-order valence-corrected chi connectivity index (χ0v) is 15.4. The number of nitrogens with zero attached hydrogens (tertiary/aromatic N) is 3. The molecule has 0 spiro atoms. The lowest BCUT2D eigenvalue weighted by molar-refractivity contribution is -0.0265. The third-order valence-corrected chi connectivity index (χ3v) is 5.51. The van der Waals surface area contributed by atoms with Crippen LogP contribution in [0.4, 0.5) is 14.5 Å². The van der Waals surface area contributed by atoms with Crippen molar-refractivity contribution < 1.29 is 23.4 Å². The van der Waals surface area contributed by atoms with Crippen LogP contribution < -0.4 is 9.64 Å². The van der Waals surface area contributed by atoms with Gasteiger partial charge in [-0.1, -0.05) is 0 Å². The molecule has 2 saturated heterocycles. The van der Waals surface area contributed by atoms with Crippen molar-refractivity contribution in [2.75, 3.05) is 31.1 Å². The quantitative estimate of drug-likeness (QED) is 0.848. The topological polar surface area (TPSA) is 65.9 Å². The van der Waals surface area contributed by atoms with Crippen LogP contribution in [0.25, 0.3) is 0 Å². The molecule has 2 aliphatic heterocycles. The van der Waals surface area contributed by atoms with Crippen molar-refractivity contribution in [1.29, 1.82) is 0 Å². The number of likely N-dealkylation sites (tertiary alicyclic amines) is 1. The molecule has 1 aliphatic carbocycles. The van der Waals surface area contributed by atoms with E-state index in [1.807, 2.05) is 6.92 Å². The first-order valence-corrected chi connectivity index (χ1v) is 9.58. The molecule has 27 heavy (non-hydrogen) atoms. The molecule has 3 heterocycles. The van der Waals surface area contributed by atoms with Crippen LogP contribution in [0.15, 0.2) is 12.1 Å². The van der Waals surface area contributed by atoms with Gasteiger partial charge >= 0.3 is 0 Å². The number of aromatic nitrogens is 1. The summed E-state index contributed by atoms with van der Waals surface area (Å²) >= 11 is 0. The van der Waals surface area contributed by atoms with E-state index in [9.17, 15) is 18.7 Å². The van der Waals surface area contributed by atoms with E-state index >= 15 is 0 Å². The molecule has 8 heteroatoms. The minimum Gasteiger partial charge on any atom is -0.476 e. The predicted octanol–water partition coefficient (Wildman–Crippen LogP) is 2.31. The van der Waals surface area contributed by atoms with E-state index in [1.165, 1.54) is 4.90 Å². The SMILES string of the molecule is CC1CC(O)CCN1C(=O)c1ccc(N2CC(F)(F)C2)c(OCC2CC2)n1. The van der Waals surface area contributed by atoms with Gasteiger partial charge in [-0.25, -0.2) is 13.8 Å². The van der Waals surface area contributed by atoms with Gasteiger partial charge in [0, 0.05) is 12.6 Å². The molecular formula is C19H25F2N3O3. The van der Waals surface area contributed by atoms with Crippen LogP contribution in [0.3, 0.4) is 0 Å². The van der Waals surface area contributed by atoms with E-state index in [1.54, 1.807) is 17.0 Å². The number of alkyl halides is 2. The maximum atomic E-state index is 13.3. The monoisotopic (exact) mass is 381 g/mol. The molecule has 3 aliphatic rings. The van der Waals surface area contributed by atoms with E-state index < -0.39 is 5.92 Å². The number of carbonyl (C=O) groups excluding carboxylic acids is 1. The molecule has 1 N–H and O–H groups in total. The van der Waals surface area contributed by atoms with Crippen LogP contribution in [0.5, 0.6) is 5.88 Å². The summed E-state index contributed by atoms with van der Waals surface area (Å²) in [6.07, 6.45) is 2.90. The summed E-state index contributed by atoms with van der Waals surface area (Å²) in [5, 5.41) is 9.75. The molecule has 0 aromatic carbocycles. The molecule has 2 unspecified atom stereocenters. The molecule has 3 fully saturated rings. The number of aliphatic hydroxyl groups is 1. The largest absolute Gasteiger partial charge is 0.476 e. The third-order valence-electron chi connectivity index (χ3n) is 5.51. The highest BCUT2D eigenvalue weighted by Gasteiger charge is 2.45. The highest BCUT2D eigenvalue weighted by atomic mass is 19.3. The zero-order valence-electron chi connectivity index (χ0n) is 15.4. The van der Waals surface area contributed by atoms with Gasteiger partial charge in [-0.15, -0.1) is 0 Å². The second-order valence-electron chi connectivity index (χ2n) is 8.01. The highest BCUT2D eigenvalue weighted by Crippen LogP contribution is 2.38. The lowest BCUT2D eigenvalue weighted by Gasteiger charge is -2.40. The molecule has 1 aromatic rings. The van der Waals surface area contributed by atoms with Gasteiger partial charge in [-0.05, 0) is 50.7 Å². The van der Waals surface area contributed by atoms with Gasteiger partial charge in [0.15, 0.2) is 0 Å². The van der Waals surface area contributed by atoms with Gasteiger partial charge in [0.25, 0.3) is 11.8 Å². The van der Waals surface area contributed by atoms with Gasteiger partial charge in [0.2, 0.25) is 5.88 Å². The summed E-state index contributed by atoms with van der Waals surface area (Å²) in [7, 11) is 0.